The van der Waals surface area contributed by atoms with E-state index in [9.17, 15) is 13.2 Å². The van der Waals surface area contributed by atoms with Gasteiger partial charge in [-0.15, -0.1) is 0 Å². The van der Waals surface area contributed by atoms with Crippen LogP contribution in [0.25, 0.3) is 0 Å². The van der Waals surface area contributed by atoms with E-state index in [1.54, 1.807) is 67.6 Å². The zero-order valence-electron chi connectivity index (χ0n) is 17.5. The smallest absolute Gasteiger partial charge is 0.262 e. The van der Waals surface area contributed by atoms with Crippen molar-refractivity contribution in [1.82, 2.24) is 0 Å². The molecule has 0 bridgehead atoms. The van der Waals surface area contributed by atoms with Crippen molar-refractivity contribution in [3.63, 3.8) is 0 Å². The molecule has 0 fully saturated rings. The van der Waals surface area contributed by atoms with E-state index in [4.69, 9.17) is 14.7 Å². The number of anilines is 2. The fourth-order valence-electron chi connectivity index (χ4n) is 2.87. The third-order valence-corrected chi connectivity index (χ3v) is 5.97. The number of hydrogen-bond acceptors (Lipinski definition) is 6. The Hall–Kier alpha value is -4.03. The summed E-state index contributed by atoms with van der Waals surface area (Å²) >= 11 is 0. The summed E-state index contributed by atoms with van der Waals surface area (Å²) in [7, 11) is -2.48. The minimum absolute atomic E-state index is 0.0224. The number of ether oxygens (including phenoxy) is 2. The normalized spacial score (nSPS) is 10.7. The van der Waals surface area contributed by atoms with Crippen LogP contribution in [-0.4, -0.2) is 28.0 Å². The molecule has 0 unspecified atom stereocenters. The number of nitrogens with zero attached hydrogens (tertiary/aromatic N) is 1. The van der Waals surface area contributed by atoms with E-state index in [1.807, 2.05) is 6.07 Å². The number of carbonyl (C=O) groups is 1. The highest BCUT2D eigenvalue weighted by Gasteiger charge is 2.20. The van der Waals surface area contributed by atoms with Crippen molar-refractivity contribution in [3.05, 3.63) is 77.9 Å². The number of nitriles is 1. The van der Waals surface area contributed by atoms with Crippen LogP contribution in [-0.2, 0) is 14.8 Å². The Balaban J connectivity index is 1.71. The average molecular weight is 452 g/mol. The largest absolute Gasteiger partial charge is 0.495 e. The number of para-hydroxylation sites is 2. The van der Waals surface area contributed by atoms with Gasteiger partial charge in [0.25, 0.3) is 15.9 Å². The summed E-state index contributed by atoms with van der Waals surface area (Å²) in [6, 6.07) is 19.6. The van der Waals surface area contributed by atoms with E-state index in [1.165, 1.54) is 13.2 Å². The molecule has 0 radical (unpaired) electrons. The standard InChI is InChI=1S/C23H21N3O5S/c1-16-7-10-18(25-23(27)15-31-19-11-8-17(14-24)9-12-19)13-22(16)32(28,29)26-20-5-3-4-6-21(20)30-2/h3-13,26H,15H2,1-2H3,(H,25,27). The molecule has 8 nitrogen and oxygen atoms in total. The minimum Gasteiger partial charge on any atom is -0.495 e. The maximum atomic E-state index is 13.0. The van der Waals surface area contributed by atoms with Crippen molar-refractivity contribution in [1.29, 1.82) is 5.26 Å². The molecular formula is C23H21N3O5S. The van der Waals surface area contributed by atoms with Crippen LogP contribution in [0, 0.1) is 18.3 Å². The lowest BCUT2D eigenvalue weighted by molar-refractivity contribution is -0.118. The molecule has 3 rings (SSSR count). The first-order chi connectivity index (χ1) is 15.3. The highest BCUT2D eigenvalue weighted by molar-refractivity contribution is 7.92. The minimum atomic E-state index is -3.94. The van der Waals surface area contributed by atoms with E-state index in [-0.39, 0.29) is 11.5 Å². The highest BCUT2D eigenvalue weighted by Crippen LogP contribution is 2.28. The van der Waals surface area contributed by atoms with Gasteiger partial charge in [-0.05, 0) is 61.0 Å². The number of methoxy groups -OCH3 is 1. The Labute approximate surface area is 186 Å². The molecule has 9 heteroatoms. The number of amides is 1. The zero-order chi connectivity index (χ0) is 23.1. The lowest BCUT2D eigenvalue weighted by Gasteiger charge is -2.14. The van der Waals surface area contributed by atoms with Crippen LogP contribution < -0.4 is 19.5 Å². The Morgan fingerprint density at radius 3 is 2.47 bits per heavy atom. The van der Waals surface area contributed by atoms with Crippen LogP contribution in [0.5, 0.6) is 11.5 Å². The molecule has 0 aliphatic carbocycles. The van der Waals surface area contributed by atoms with Gasteiger partial charge in [0.2, 0.25) is 0 Å². The molecule has 3 aromatic rings. The van der Waals surface area contributed by atoms with Crippen molar-refractivity contribution >= 4 is 27.3 Å². The summed E-state index contributed by atoms with van der Waals surface area (Å²) < 4.78 is 39.0. The molecular weight excluding hydrogens is 430 g/mol. The van der Waals surface area contributed by atoms with Crippen molar-refractivity contribution < 1.29 is 22.7 Å². The number of benzene rings is 3. The lowest BCUT2D eigenvalue weighted by atomic mass is 10.2. The summed E-state index contributed by atoms with van der Waals surface area (Å²) in [5.41, 5.74) is 1.61. The fourth-order valence-corrected chi connectivity index (χ4v) is 4.21. The molecule has 0 aliphatic rings. The van der Waals surface area contributed by atoms with Gasteiger partial charge in [-0.2, -0.15) is 5.26 Å². The molecule has 0 heterocycles. The quantitative estimate of drug-likeness (QED) is 0.539. The number of nitrogens with one attached hydrogen (secondary N) is 2. The molecule has 0 spiro atoms. The van der Waals surface area contributed by atoms with Crippen LogP contribution in [0.3, 0.4) is 0 Å². The number of sulfonamides is 1. The number of hydrogen-bond donors (Lipinski definition) is 2. The number of rotatable bonds is 8. The fraction of sp³-hybridized carbons (Fsp3) is 0.130. The van der Waals surface area contributed by atoms with Gasteiger partial charge in [-0.3, -0.25) is 9.52 Å². The molecule has 0 aromatic heterocycles. The highest BCUT2D eigenvalue weighted by atomic mass is 32.2. The summed E-state index contributed by atoms with van der Waals surface area (Å²) in [5, 5.41) is 11.4. The van der Waals surface area contributed by atoms with Gasteiger partial charge >= 0.3 is 0 Å². The van der Waals surface area contributed by atoms with E-state index in [2.05, 4.69) is 10.0 Å². The summed E-state index contributed by atoms with van der Waals surface area (Å²) in [6.45, 7) is 1.39. The van der Waals surface area contributed by atoms with E-state index in [0.29, 0.717) is 34.0 Å². The van der Waals surface area contributed by atoms with Gasteiger partial charge in [-0.1, -0.05) is 18.2 Å². The van der Waals surface area contributed by atoms with Crippen molar-refractivity contribution in [3.8, 4) is 17.6 Å². The summed E-state index contributed by atoms with van der Waals surface area (Å²) in [5.74, 6) is 0.365. The Morgan fingerprint density at radius 1 is 1.06 bits per heavy atom. The second-order valence-electron chi connectivity index (χ2n) is 6.76. The summed E-state index contributed by atoms with van der Waals surface area (Å²) in [4.78, 5) is 12.3. The first-order valence-electron chi connectivity index (χ1n) is 9.51. The predicted molar refractivity (Wildman–Crippen MR) is 120 cm³/mol. The molecule has 0 aliphatic heterocycles. The van der Waals surface area contributed by atoms with Crippen LogP contribution in [0.4, 0.5) is 11.4 Å². The van der Waals surface area contributed by atoms with Gasteiger partial charge in [-0.25, -0.2) is 8.42 Å². The van der Waals surface area contributed by atoms with E-state index in [0.717, 1.165) is 0 Å². The lowest BCUT2D eigenvalue weighted by Crippen LogP contribution is -2.21. The van der Waals surface area contributed by atoms with Crippen LogP contribution in [0.1, 0.15) is 11.1 Å². The van der Waals surface area contributed by atoms with E-state index >= 15 is 0 Å². The second kappa shape index (κ2) is 9.85. The SMILES string of the molecule is COc1ccccc1NS(=O)(=O)c1cc(NC(=O)COc2ccc(C#N)cc2)ccc1C. The molecule has 3 aromatic carbocycles. The molecule has 0 saturated heterocycles. The zero-order valence-corrected chi connectivity index (χ0v) is 18.3. The number of aryl methyl sites for hydroxylation is 1. The van der Waals surface area contributed by atoms with Gasteiger partial charge < -0.3 is 14.8 Å². The number of carbonyl (C=O) groups excluding carboxylic acids is 1. The van der Waals surface area contributed by atoms with Gasteiger partial charge in [0.1, 0.15) is 11.5 Å². The maximum Gasteiger partial charge on any atom is 0.262 e. The maximum absolute atomic E-state index is 13.0. The van der Waals surface area contributed by atoms with Crippen molar-refractivity contribution in [2.45, 2.75) is 11.8 Å². The molecule has 164 valence electrons. The van der Waals surface area contributed by atoms with Gasteiger partial charge in [0.15, 0.2) is 6.61 Å². The molecule has 2 N–H and O–H groups in total. The first kappa shape index (κ1) is 22.7. The average Bonchev–Trinajstić information content (AvgIpc) is 2.79. The monoisotopic (exact) mass is 451 g/mol. The molecule has 0 atom stereocenters. The third-order valence-electron chi connectivity index (χ3n) is 4.47. The Morgan fingerprint density at radius 2 is 1.78 bits per heavy atom. The van der Waals surface area contributed by atoms with Gasteiger partial charge in [0, 0.05) is 5.69 Å². The second-order valence-corrected chi connectivity index (χ2v) is 8.41. The van der Waals surface area contributed by atoms with Crippen LogP contribution >= 0.6 is 0 Å². The van der Waals surface area contributed by atoms with Crippen LogP contribution in [0.2, 0.25) is 0 Å². The molecule has 1 amide bonds. The Kier molecular flexibility index (Phi) is 6.97. The third kappa shape index (κ3) is 5.56. The molecule has 32 heavy (non-hydrogen) atoms. The molecule has 0 saturated carbocycles. The topological polar surface area (TPSA) is 118 Å². The first-order valence-corrected chi connectivity index (χ1v) is 11.0. The van der Waals surface area contributed by atoms with Crippen molar-refractivity contribution in [2.24, 2.45) is 0 Å². The van der Waals surface area contributed by atoms with Gasteiger partial charge in [0.05, 0.1) is 29.3 Å². The van der Waals surface area contributed by atoms with E-state index < -0.39 is 15.9 Å². The van der Waals surface area contributed by atoms with Crippen molar-refractivity contribution in [2.75, 3.05) is 23.8 Å². The van der Waals surface area contributed by atoms with Crippen LogP contribution in [0.15, 0.2) is 71.6 Å². The summed E-state index contributed by atoms with van der Waals surface area (Å²) in [6.07, 6.45) is 0. The Bertz CT molecular complexity index is 1270. The predicted octanol–water partition coefficient (Wildman–Crippen LogP) is 3.69.